The van der Waals surface area contributed by atoms with Crippen LogP contribution in [0.5, 0.6) is 0 Å². The quantitative estimate of drug-likeness (QED) is 0.841. The SMILES string of the molecule is N#Cc1cnc(N2CCCC2C2CCCN2)cn1. The molecule has 2 saturated heterocycles. The number of anilines is 1. The largest absolute Gasteiger partial charge is 0.351 e. The Bertz CT molecular complexity index is 443. The van der Waals surface area contributed by atoms with Gasteiger partial charge in [-0.2, -0.15) is 5.26 Å². The molecule has 1 N–H and O–H groups in total. The molecule has 5 heteroatoms. The van der Waals surface area contributed by atoms with Gasteiger partial charge in [0.05, 0.1) is 12.4 Å². The Morgan fingerprint density at radius 1 is 1.28 bits per heavy atom. The lowest BCUT2D eigenvalue weighted by Crippen LogP contribution is -2.44. The molecule has 1 aromatic rings. The van der Waals surface area contributed by atoms with Crippen LogP contribution >= 0.6 is 0 Å². The molecular weight excluding hydrogens is 226 g/mol. The molecule has 0 saturated carbocycles. The van der Waals surface area contributed by atoms with Crippen LogP contribution in [0.3, 0.4) is 0 Å². The summed E-state index contributed by atoms with van der Waals surface area (Å²) in [6, 6.07) is 3.13. The Balaban J connectivity index is 1.79. The molecule has 0 aliphatic carbocycles. The molecule has 2 unspecified atom stereocenters. The first kappa shape index (κ1) is 11.4. The molecule has 0 bridgehead atoms. The van der Waals surface area contributed by atoms with Crippen molar-refractivity contribution in [3.63, 3.8) is 0 Å². The topological polar surface area (TPSA) is 64.8 Å². The zero-order valence-electron chi connectivity index (χ0n) is 10.3. The standard InChI is InChI=1S/C13H17N5/c14-7-10-8-17-13(9-16-10)18-6-2-4-12(18)11-3-1-5-15-11/h8-9,11-12,15H,1-6H2. The van der Waals surface area contributed by atoms with Crippen molar-refractivity contribution in [1.29, 1.82) is 5.26 Å². The van der Waals surface area contributed by atoms with Gasteiger partial charge in [0.2, 0.25) is 0 Å². The van der Waals surface area contributed by atoms with E-state index in [2.05, 4.69) is 20.2 Å². The lowest BCUT2D eigenvalue weighted by Gasteiger charge is -2.30. The van der Waals surface area contributed by atoms with E-state index in [9.17, 15) is 0 Å². The number of rotatable bonds is 2. The molecule has 0 radical (unpaired) electrons. The van der Waals surface area contributed by atoms with Gasteiger partial charge in [-0.05, 0) is 32.2 Å². The lowest BCUT2D eigenvalue weighted by atomic mass is 10.0. The summed E-state index contributed by atoms with van der Waals surface area (Å²) in [6.07, 6.45) is 8.25. The van der Waals surface area contributed by atoms with Crippen molar-refractivity contribution >= 4 is 5.82 Å². The van der Waals surface area contributed by atoms with E-state index in [0.717, 1.165) is 18.9 Å². The number of nitrogens with zero attached hydrogens (tertiary/aromatic N) is 4. The number of aromatic nitrogens is 2. The molecule has 2 aliphatic heterocycles. The predicted molar refractivity (Wildman–Crippen MR) is 68.1 cm³/mol. The number of hydrogen-bond acceptors (Lipinski definition) is 5. The van der Waals surface area contributed by atoms with Gasteiger partial charge in [0.15, 0.2) is 5.69 Å². The van der Waals surface area contributed by atoms with E-state index < -0.39 is 0 Å². The van der Waals surface area contributed by atoms with Crippen molar-refractivity contribution in [2.75, 3.05) is 18.0 Å². The van der Waals surface area contributed by atoms with Gasteiger partial charge < -0.3 is 10.2 Å². The van der Waals surface area contributed by atoms with Gasteiger partial charge in [-0.1, -0.05) is 0 Å². The van der Waals surface area contributed by atoms with Gasteiger partial charge in [0, 0.05) is 18.6 Å². The van der Waals surface area contributed by atoms with Gasteiger partial charge in [0.25, 0.3) is 0 Å². The third-order valence-corrected chi connectivity index (χ3v) is 3.91. The fourth-order valence-corrected chi connectivity index (χ4v) is 3.06. The smallest absolute Gasteiger partial charge is 0.158 e. The second-order valence-corrected chi connectivity index (χ2v) is 4.98. The van der Waals surface area contributed by atoms with Crippen LogP contribution in [0.25, 0.3) is 0 Å². The average molecular weight is 243 g/mol. The molecule has 94 valence electrons. The van der Waals surface area contributed by atoms with Crippen LogP contribution < -0.4 is 10.2 Å². The summed E-state index contributed by atoms with van der Waals surface area (Å²) in [4.78, 5) is 10.8. The van der Waals surface area contributed by atoms with E-state index >= 15 is 0 Å². The Kier molecular flexibility index (Phi) is 3.11. The molecule has 2 aliphatic rings. The Morgan fingerprint density at radius 2 is 2.22 bits per heavy atom. The first-order valence-electron chi connectivity index (χ1n) is 6.60. The van der Waals surface area contributed by atoms with E-state index in [-0.39, 0.29) is 0 Å². The molecule has 2 fully saturated rings. The van der Waals surface area contributed by atoms with Crippen molar-refractivity contribution in [2.24, 2.45) is 0 Å². The van der Waals surface area contributed by atoms with Gasteiger partial charge in [-0.25, -0.2) is 9.97 Å². The van der Waals surface area contributed by atoms with Gasteiger partial charge >= 0.3 is 0 Å². The number of nitriles is 1. The van der Waals surface area contributed by atoms with Crippen LogP contribution in [-0.4, -0.2) is 35.1 Å². The Labute approximate surface area is 107 Å². The second kappa shape index (κ2) is 4.91. The summed E-state index contributed by atoms with van der Waals surface area (Å²) in [5.41, 5.74) is 0.383. The van der Waals surface area contributed by atoms with E-state index in [1.165, 1.54) is 25.7 Å². The minimum atomic E-state index is 0.383. The monoisotopic (exact) mass is 243 g/mol. The van der Waals surface area contributed by atoms with Crippen LogP contribution in [0.4, 0.5) is 5.82 Å². The van der Waals surface area contributed by atoms with E-state index in [4.69, 9.17) is 5.26 Å². The fourth-order valence-electron chi connectivity index (χ4n) is 3.06. The van der Waals surface area contributed by atoms with Gasteiger partial charge in [0.1, 0.15) is 11.9 Å². The summed E-state index contributed by atoms with van der Waals surface area (Å²) in [5.74, 6) is 0.908. The maximum atomic E-state index is 8.74. The van der Waals surface area contributed by atoms with Crippen LogP contribution in [0.2, 0.25) is 0 Å². The van der Waals surface area contributed by atoms with Crippen molar-refractivity contribution in [1.82, 2.24) is 15.3 Å². The van der Waals surface area contributed by atoms with E-state index in [1.54, 1.807) is 12.4 Å². The van der Waals surface area contributed by atoms with E-state index in [0.29, 0.717) is 17.8 Å². The highest BCUT2D eigenvalue weighted by Gasteiger charge is 2.33. The van der Waals surface area contributed by atoms with Crippen LogP contribution in [0, 0.1) is 11.3 Å². The summed E-state index contributed by atoms with van der Waals surface area (Å²) < 4.78 is 0. The maximum absolute atomic E-state index is 8.74. The normalized spacial score (nSPS) is 27.4. The molecule has 1 aromatic heterocycles. The summed E-state index contributed by atoms with van der Waals surface area (Å²) in [7, 11) is 0. The Morgan fingerprint density at radius 3 is 2.89 bits per heavy atom. The molecule has 3 rings (SSSR count). The van der Waals surface area contributed by atoms with Crippen LogP contribution in [-0.2, 0) is 0 Å². The van der Waals surface area contributed by atoms with Crippen molar-refractivity contribution < 1.29 is 0 Å². The highest BCUT2D eigenvalue weighted by molar-refractivity contribution is 5.40. The average Bonchev–Trinajstić information content (AvgIpc) is 3.09. The summed E-state index contributed by atoms with van der Waals surface area (Å²) in [6.45, 7) is 2.18. The van der Waals surface area contributed by atoms with Crippen LogP contribution in [0.15, 0.2) is 12.4 Å². The molecule has 0 amide bonds. The zero-order chi connectivity index (χ0) is 12.4. The van der Waals surface area contributed by atoms with Crippen molar-refractivity contribution in [2.45, 2.75) is 37.8 Å². The first-order valence-corrected chi connectivity index (χ1v) is 6.60. The lowest BCUT2D eigenvalue weighted by molar-refractivity contribution is 0.480. The van der Waals surface area contributed by atoms with Gasteiger partial charge in [-0.3, -0.25) is 0 Å². The van der Waals surface area contributed by atoms with Gasteiger partial charge in [-0.15, -0.1) is 0 Å². The summed E-state index contributed by atoms with van der Waals surface area (Å²) >= 11 is 0. The third kappa shape index (κ3) is 2.04. The highest BCUT2D eigenvalue weighted by atomic mass is 15.3. The van der Waals surface area contributed by atoms with Crippen molar-refractivity contribution in [3.05, 3.63) is 18.1 Å². The van der Waals surface area contributed by atoms with E-state index in [1.807, 2.05) is 6.07 Å². The maximum Gasteiger partial charge on any atom is 0.158 e. The van der Waals surface area contributed by atoms with Crippen molar-refractivity contribution in [3.8, 4) is 6.07 Å². The highest BCUT2D eigenvalue weighted by Crippen LogP contribution is 2.28. The molecule has 0 spiro atoms. The molecular formula is C13H17N5. The molecule has 2 atom stereocenters. The number of hydrogen-bond donors (Lipinski definition) is 1. The summed E-state index contributed by atoms with van der Waals surface area (Å²) in [5, 5.41) is 12.3. The fraction of sp³-hybridized carbons (Fsp3) is 0.615. The third-order valence-electron chi connectivity index (χ3n) is 3.91. The number of nitrogens with one attached hydrogen (secondary N) is 1. The van der Waals surface area contributed by atoms with Crippen LogP contribution in [0.1, 0.15) is 31.4 Å². The minimum Gasteiger partial charge on any atom is -0.351 e. The molecule has 5 nitrogen and oxygen atoms in total. The molecule has 0 aromatic carbocycles. The Hall–Kier alpha value is -1.67. The second-order valence-electron chi connectivity index (χ2n) is 4.98. The zero-order valence-corrected chi connectivity index (χ0v) is 10.3. The predicted octanol–water partition coefficient (Wildman–Crippen LogP) is 1.07. The minimum absolute atomic E-state index is 0.383. The molecule has 18 heavy (non-hydrogen) atoms. The molecule has 3 heterocycles. The first-order chi connectivity index (χ1) is 8.88.